The minimum Gasteiger partial charge on any atom is -0.429 e. The molecule has 0 radical (unpaired) electrons. The molecule has 0 fully saturated rings. The Labute approximate surface area is 171 Å². The molecule has 0 saturated carbocycles. The van der Waals surface area contributed by atoms with E-state index in [9.17, 15) is 22.0 Å². The molecule has 30 heavy (non-hydrogen) atoms. The number of rotatable bonds is 5. The average Bonchev–Trinajstić information content (AvgIpc) is 2.72. The van der Waals surface area contributed by atoms with Gasteiger partial charge in [0.1, 0.15) is 11.6 Å². The van der Waals surface area contributed by atoms with Gasteiger partial charge in [0.15, 0.2) is 0 Å². The van der Waals surface area contributed by atoms with Crippen LogP contribution in [0.2, 0.25) is 0 Å². The van der Waals surface area contributed by atoms with Crippen molar-refractivity contribution < 1.29 is 26.7 Å². The van der Waals surface area contributed by atoms with Gasteiger partial charge in [-0.25, -0.2) is 4.39 Å². The molecule has 2 aromatic carbocycles. The van der Waals surface area contributed by atoms with Crippen LogP contribution in [0.15, 0.2) is 66.5 Å². The maximum Gasteiger partial charge on any atom is 0.461 e. The number of allylic oxidation sites excluding steroid dienone is 2. The normalized spacial score (nSPS) is 21.1. The zero-order chi connectivity index (χ0) is 21.3. The first kappa shape index (κ1) is 20.4. The summed E-state index contributed by atoms with van der Waals surface area (Å²) in [7, 11) is 0. The lowest BCUT2D eigenvalue weighted by Gasteiger charge is -2.34. The molecule has 1 heterocycles. The molecule has 2 aliphatic rings. The first-order valence-corrected chi connectivity index (χ1v) is 9.71. The van der Waals surface area contributed by atoms with Crippen molar-refractivity contribution in [3.05, 3.63) is 77.8 Å². The van der Waals surface area contributed by atoms with Crippen LogP contribution in [-0.2, 0) is 11.2 Å². The number of fused-ring (bicyclic) bond motifs is 1. The van der Waals surface area contributed by atoms with E-state index in [0.29, 0.717) is 12.8 Å². The summed E-state index contributed by atoms with van der Waals surface area (Å²) in [4.78, 5) is 0. The van der Waals surface area contributed by atoms with E-state index in [-0.39, 0.29) is 23.5 Å². The monoisotopic (exact) mass is 421 g/mol. The Hall–Kier alpha value is -2.83. The van der Waals surface area contributed by atoms with E-state index < -0.39 is 12.5 Å². The minimum atomic E-state index is -4.52. The molecule has 1 aliphatic heterocycles. The van der Waals surface area contributed by atoms with Crippen LogP contribution in [0.4, 0.5) is 27.6 Å². The fourth-order valence-electron chi connectivity index (χ4n) is 4.04. The Bertz CT molecular complexity index is 985. The van der Waals surface area contributed by atoms with E-state index in [2.05, 4.69) is 10.1 Å². The third kappa shape index (κ3) is 4.20. The molecule has 0 aromatic heterocycles. The van der Waals surface area contributed by atoms with Gasteiger partial charge in [0.25, 0.3) is 0 Å². The largest absolute Gasteiger partial charge is 0.461 e. The third-order valence-electron chi connectivity index (χ3n) is 5.45. The third-order valence-corrected chi connectivity index (χ3v) is 5.45. The molecule has 0 bridgehead atoms. The number of ether oxygens (including phenoxy) is 1. The van der Waals surface area contributed by atoms with Crippen molar-refractivity contribution in [2.75, 3.05) is 5.32 Å². The van der Waals surface area contributed by atoms with Crippen molar-refractivity contribution >= 4 is 5.69 Å². The Kier molecular flexibility index (Phi) is 5.54. The number of nitrogens with one attached hydrogen (secondary N) is 1. The Balaban J connectivity index is 1.54. The summed E-state index contributed by atoms with van der Waals surface area (Å²) in [5.74, 6) is -0.735. The Morgan fingerprint density at radius 1 is 1.10 bits per heavy atom. The summed E-state index contributed by atoms with van der Waals surface area (Å²) in [5, 5.41) is 3.43. The second kappa shape index (κ2) is 8.13. The zero-order valence-electron chi connectivity index (χ0n) is 15.9. The highest BCUT2D eigenvalue weighted by atomic mass is 19.3. The average molecular weight is 421 g/mol. The molecule has 2 atom stereocenters. The van der Waals surface area contributed by atoms with Crippen molar-refractivity contribution in [3.63, 3.8) is 0 Å². The maximum atomic E-state index is 13.7. The van der Waals surface area contributed by atoms with Crippen LogP contribution in [0.1, 0.15) is 18.4 Å². The van der Waals surface area contributed by atoms with E-state index in [1.54, 1.807) is 12.1 Å². The lowest BCUT2D eigenvalue weighted by atomic mass is 9.83. The van der Waals surface area contributed by atoms with Crippen LogP contribution in [0.3, 0.4) is 0 Å². The van der Waals surface area contributed by atoms with Crippen LogP contribution < -0.4 is 5.32 Å². The van der Waals surface area contributed by atoms with Crippen molar-refractivity contribution in [3.8, 4) is 11.1 Å². The van der Waals surface area contributed by atoms with Gasteiger partial charge in [-0.1, -0.05) is 30.3 Å². The molecule has 158 valence electrons. The molecule has 2 nitrogen and oxygen atoms in total. The summed E-state index contributed by atoms with van der Waals surface area (Å²) in [5.41, 5.74) is 3.70. The molecule has 1 aliphatic carbocycles. The first-order chi connectivity index (χ1) is 14.3. The molecule has 7 heteroatoms. The number of hydrogen-bond donors (Lipinski definition) is 1. The summed E-state index contributed by atoms with van der Waals surface area (Å²) < 4.78 is 69.2. The lowest BCUT2D eigenvalue weighted by Crippen LogP contribution is -2.34. The highest BCUT2D eigenvalue weighted by molar-refractivity contribution is 5.75. The maximum absolute atomic E-state index is 13.7. The van der Waals surface area contributed by atoms with Gasteiger partial charge in [0.05, 0.1) is 0 Å². The van der Waals surface area contributed by atoms with Crippen molar-refractivity contribution in [1.82, 2.24) is 0 Å². The molecule has 1 unspecified atom stereocenters. The van der Waals surface area contributed by atoms with Crippen LogP contribution in [0.25, 0.3) is 11.1 Å². The van der Waals surface area contributed by atoms with Gasteiger partial charge >= 0.3 is 12.5 Å². The summed E-state index contributed by atoms with van der Waals surface area (Å²) in [6, 6.07) is 12.1. The Morgan fingerprint density at radius 3 is 2.67 bits per heavy atom. The van der Waals surface area contributed by atoms with Crippen molar-refractivity contribution in [1.29, 1.82) is 0 Å². The molecule has 2 aromatic rings. The van der Waals surface area contributed by atoms with Gasteiger partial charge < -0.3 is 10.1 Å². The molecule has 0 saturated heterocycles. The first-order valence-electron chi connectivity index (χ1n) is 9.71. The van der Waals surface area contributed by atoms with E-state index in [0.717, 1.165) is 28.8 Å². The molecular weight excluding hydrogens is 401 g/mol. The van der Waals surface area contributed by atoms with Gasteiger partial charge in [-0.3, -0.25) is 0 Å². The van der Waals surface area contributed by atoms with Crippen LogP contribution in [0, 0.1) is 11.7 Å². The van der Waals surface area contributed by atoms with E-state index >= 15 is 0 Å². The SMILES string of the molecule is Fc1cccc(-c2cccc3c2CC[C@H](C2C=C(OC(F)(F)C(F)F)C=CC2)N3)c1. The van der Waals surface area contributed by atoms with Gasteiger partial charge in [0.2, 0.25) is 0 Å². The quantitative estimate of drug-likeness (QED) is 0.553. The van der Waals surface area contributed by atoms with Crippen LogP contribution in [-0.4, -0.2) is 18.6 Å². The van der Waals surface area contributed by atoms with Gasteiger partial charge in [-0.15, -0.1) is 0 Å². The predicted octanol–water partition coefficient (Wildman–Crippen LogP) is 6.55. The van der Waals surface area contributed by atoms with Gasteiger partial charge in [-0.2, -0.15) is 17.6 Å². The van der Waals surface area contributed by atoms with Crippen molar-refractivity contribution in [2.24, 2.45) is 5.92 Å². The Morgan fingerprint density at radius 2 is 1.90 bits per heavy atom. The molecule has 1 N–H and O–H groups in total. The summed E-state index contributed by atoms with van der Waals surface area (Å²) in [6.45, 7) is 0. The van der Waals surface area contributed by atoms with E-state index in [1.165, 1.54) is 24.3 Å². The molecule has 0 spiro atoms. The number of anilines is 1. The topological polar surface area (TPSA) is 21.3 Å². The molecular formula is C23H20F5NO. The molecule has 0 amide bonds. The smallest absolute Gasteiger partial charge is 0.429 e. The van der Waals surface area contributed by atoms with Crippen LogP contribution >= 0.6 is 0 Å². The summed E-state index contributed by atoms with van der Waals surface area (Å²) in [6.07, 6.45) is -1.96. The number of alkyl halides is 4. The fourth-order valence-corrected chi connectivity index (χ4v) is 4.04. The van der Waals surface area contributed by atoms with Crippen molar-refractivity contribution in [2.45, 2.75) is 37.8 Å². The number of benzene rings is 2. The zero-order valence-corrected chi connectivity index (χ0v) is 15.9. The highest BCUT2D eigenvalue weighted by Crippen LogP contribution is 2.38. The van der Waals surface area contributed by atoms with E-state index in [4.69, 9.17) is 0 Å². The summed E-state index contributed by atoms with van der Waals surface area (Å²) >= 11 is 0. The van der Waals surface area contributed by atoms with Gasteiger partial charge in [-0.05, 0) is 66.3 Å². The van der Waals surface area contributed by atoms with Crippen LogP contribution in [0.5, 0.6) is 0 Å². The second-order valence-electron chi connectivity index (χ2n) is 7.47. The number of hydrogen-bond acceptors (Lipinski definition) is 2. The molecule has 4 rings (SSSR count). The number of halogens is 5. The minimum absolute atomic E-state index is 0.0658. The van der Waals surface area contributed by atoms with E-state index in [1.807, 2.05) is 24.3 Å². The highest BCUT2D eigenvalue weighted by Gasteiger charge is 2.44. The fraction of sp³-hybridized carbons (Fsp3) is 0.304. The predicted molar refractivity (Wildman–Crippen MR) is 105 cm³/mol. The lowest BCUT2D eigenvalue weighted by molar-refractivity contribution is -0.280. The second-order valence-corrected chi connectivity index (χ2v) is 7.47. The van der Waals surface area contributed by atoms with Gasteiger partial charge in [0, 0.05) is 17.6 Å². The standard InChI is InChI=1S/C23H20F5NO/c24-16-6-1-4-14(12-16)18-8-3-9-21-19(18)10-11-20(29-21)15-5-2-7-17(13-15)30-23(27,28)22(25)26/h1-4,6-9,12-13,15,20,22,29H,5,10-11H2/t15?,20-/m1/s1.